The number of hydrogen-bond acceptors (Lipinski definition) is 7. The first-order chi connectivity index (χ1) is 13.5. The lowest BCUT2D eigenvalue weighted by atomic mass is 10.1. The highest BCUT2D eigenvalue weighted by molar-refractivity contribution is 6.03. The Morgan fingerprint density at radius 3 is 2.75 bits per heavy atom. The number of esters is 1. The summed E-state index contributed by atoms with van der Waals surface area (Å²) >= 11 is 0. The maximum Gasteiger partial charge on any atom is 0.338 e. The van der Waals surface area contributed by atoms with Crippen LogP contribution in [0.3, 0.4) is 0 Å². The number of fused-ring (bicyclic) bond motifs is 2. The SMILES string of the molecule is COc1cc(C(=O)OCC(=O)c2ccc3c(c2)CC(=O)N3)cc2c1OCCO2. The number of carbonyl (C=O) groups is 3. The standard InChI is InChI=1S/C20H17NO7/c1-25-16-7-13(8-17-19(16)27-5-4-26-17)20(24)28-10-15(22)11-2-3-14-12(6-11)9-18(23)21-14/h2-3,6-8H,4-5,9-10H2,1H3,(H,21,23). The van der Waals surface area contributed by atoms with E-state index in [1.165, 1.54) is 19.2 Å². The van der Waals surface area contributed by atoms with Crippen molar-refractivity contribution >= 4 is 23.3 Å². The number of anilines is 1. The van der Waals surface area contributed by atoms with Gasteiger partial charge in [-0.3, -0.25) is 9.59 Å². The smallest absolute Gasteiger partial charge is 0.338 e. The second-order valence-electron chi connectivity index (χ2n) is 6.30. The van der Waals surface area contributed by atoms with Gasteiger partial charge in [-0.15, -0.1) is 0 Å². The number of carbonyl (C=O) groups excluding carboxylic acids is 3. The quantitative estimate of drug-likeness (QED) is 0.623. The van der Waals surface area contributed by atoms with Crippen LogP contribution in [0.2, 0.25) is 0 Å². The van der Waals surface area contributed by atoms with Gasteiger partial charge in [0.2, 0.25) is 11.7 Å². The highest BCUT2D eigenvalue weighted by Gasteiger charge is 2.23. The molecule has 2 heterocycles. The maximum atomic E-state index is 12.4. The van der Waals surface area contributed by atoms with Crippen LogP contribution in [0, 0.1) is 0 Å². The van der Waals surface area contributed by atoms with Crippen molar-refractivity contribution in [1.29, 1.82) is 0 Å². The zero-order valence-corrected chi connectivity index (χ0v) is 15.1. The molecule has 0 saturated carbocycles. The maximum absolute atomic E-state index is 12.4. The van der Waals surface area contributed by atoms with Crippen LogP contribution in [0.4, 0.5) is 5.69 Å². The van der Waals surface area contributed by atoms with E-state index < -0.39 is 12.6 Å². The molecule has 28 heavy (non-hydrogen) atoms. The van der Waals surface area contributed by atoms with E-state index >= 15 is 0 Å². The number of Topliss-reactive ketones (excluding diaryl/α,β-unsaturated/α-hetero) is 1. The lowest BCUT2D eigenvalue weighted by Gasteiger charge is -2.21. The fourth-order valence-corrected chi connectivity index (χ4v) is 3.09. The van der Waals surface area contributed by atoms with Gasteiger partial charge < -0.3 is 24.3 Å². The van der Waals surface area contributed by atoms with Crippen LogP contribution in [0.15, 0.2) is 30.3 Å². The molecule has 0 spiro atoms. The van der Waals surface area contributed by atoms with E-state index in [4.69, 9.17) is 18.9 Å². The number of ketones is 1. The van der Waals surface area contributed by atoms with Crippen molar-refractivity contribution in [3.8, 4) is 17.2 Å². The fourth-order valence-electron chi connectivity index (χ4n) is 3.09. The average molecular weight is 383 g/mol. The lowest BCUT2D eigenvalue weighted by Crippen LogP contribution is -2.18. The van der Waals surface area contributed by atoms with Gasteiger partial charge in [-0.05, 0) is 35.9 Å². The summed E-state index contributed by atoms with van der Waals surface area (Å²) in [6, 6.07) is 7.87. The molecule has 0 saturated heterocycles. The Labute approximate surface area is 160 Å². The Balaban J connectivity index is 1.45. The average Bonchev–Trinajstić information content (AvgIpc) is 3.09. The summed E-state index contributed by atoms with van der Waals surface area (Å²) in [6.07, 6.45) is 0.229. The van der Waals surface area contributed by atoms with Crippen LogP contribution in [-0.2, 0) is 16.0 Å². The van der Waals surface area contributed by atoms with E-state index in [1.807, 2.05) is 0 Å². The molecule has 2 aliphatic heterocycles. The van der Waals surface area contributed by atoms with E-state index in [2.05, 4.69) is 5.32 Å². The van der Waals surface area contributed by atoms with Gasteiger partial charge >= 0.3 is 5.97 Å². The van der Waals surface area contributed by atoms with Crippen molar-refractivity contribution in [2.45, 2.75) is 6.42 Å². The molecule has 0 unspecified atom stereocenters. The Hall–Kier alpha value is -3.55. The topological polar surface area (TPSA) is 100 Å². The van der Waals surface area contributed by atoms with Crippen LogP contribution < -0.4 is 19.5 Å². The zero-order chi connectivity index (χ0) is 19.7. The zero-order valence-electron chi connectivity index (χ0n) is 15.1. The number of rotatable bonds is 5. The van der Waals surface area contributed by atoms with Gasteiger partial charge in [-0.1, -0.05) is 0 Å². The van der Waals surface area contributed by atoms with Gasteiger partial charge in [0, 0.05) is 11.3 Å². The summed E-state index contributed by atoms with van der Waals surface area (Å²) < 4.78 is 21.4. The summed E-state index contributed by atoms with van der Waals surface area (Å²) in [4.78, 5) is 36.2. The molecule has 144 valence electrons. The fraction of sp³-hybridized carbons (Fsp3) is 0.250. The molecular weight excluding hydrogens is 366 g/mol. The molecule has 0 bridgehead atoms. The van der Waals surface area contributed by atoms with Crippen molar-refractivity contribution < 1.29 is 33.3 Å². The van der Waals surface area contributed by atoms with Gasteiger partial charge in [0.1, 0.15) is 13.2 Å². The molecule has 8 nitrogen and oxygen atoms in total. The monoisotopic (exact) mass is 383 g/mol. The summed E-state index contributed by atoms with van der Waals surface area (Å²) in [6.45, 7) is 0.335. The third-order valence-corrected chi connectivity index (χ3v) is 4.45. The van der Waals surface area contributed by atoms with Crippen molar-refractivity contribution in [2.75, 3.05) is 32.2 Å². The molecule has 2 aliphatic rings. The van der Waals surface area contributed by atoms with Crippen LogP contribution in [0.25, 0.3) is 0 Å². The Kier molecular flexibility index (Phi) is 4.60. The van der Waals surface area contributed by atoms with E-state index in [1.54, 1.807) is 18.2 Å². The molecule has 4 rings (SSSR count). The normalized spacial score (nSPS) is 14.1. The highest BCUT2D eigenvalue weighted by atomic mass is 16.6. The molecule has 2 aromatic rings. The van der Waals surface area contributed by atoms with E-state index in [-0.39, 0.29) is 23.7 Å². The number of amides is 1. The summed E-state index contributed by atoms with van der Waals surface area (Å²) in [5, 5.41) is 2.70. The van der Waals surface area contributed by atoms with E-state index in [9.17, 15) is 14.4 Å². The minimum absolute atomic E-state index is 0.112. The summed E-state index contributed by atoms with van der Waals surface area (Å²) in [5.41, 5.74) is 2.01. The van der Waals surface area contributed by atoms with Crippen molar-refractivity contribution in [3.05, 3.63) is 47.0 Å². The lowest BCUT2D eigenvalue weighted by molar-refractivity contribution is -0.115. The number of hydrogen-bond donors (Lipinski definition) is 1. The summed E-state index contributed by atoms with van der Waals surface area (Å²) in [7, 11) is 1.46. The number of nitrogens with one attached hydrogen (secondary N) is 1. The van der Waals surface area contributed by atoms with Crippen LogP contribution in [-0.4, -0.2) is 44.6 Å². The van der Waals surface area contributed by atoms with Crippen molar-refractivity contribution in [3.63, 3.8) is 0 Å². The Bertz CT molecular complexity index is 966. The second-order valence-corrected chi connectivity index (χ2v) is 6.30. The molecule has 0 aromatic heterocycles. The third kappa shape index (κ3) is 3.36. The van der Waals surface area contributed by atoms with Gasteiger partial charge in [0.25, 0.3) is 0 Å². The van der Waals surface area contributed by atoms with Gasteiger partial charge in [-0.2, -0.15) is 0 Å². The number of benzene rings is 2. The Morgan fingerprint density at radius 2 is 1.93 bits per heavy atom. The van der Waals surface area contributed by atoms with Gasteiger partial charge in [-0.25, -0.2) is 4.79 Å². The molecule has 1 N–H and O–H groups in total. The van der Waals surface area contributed by atoms with Crippen LogP contribution >= 0.6 is 0 Å². The molecule has 8 heteroatoms. The molecule has 1 amide bonds. The first-order valence-electron chi connectivity index (χ1n) is 8.66. The predicted molar refractivity (Wildman–Crippen MR) is 97.4 cm³/mol. The molecular formula is C20H17NO7. The van der Waals surface area contributed by atoms with Crippen molar-refractivity contribution in [2.24, 2.45) is 0 Å². The molecule has 0 fully saturated rings. The van der Waals surface area contributed by atoms with Gasteiger partial charge in [0.15, 0.2) is 23.9 Å². The van der Waals surface area contributed by atoms with E-state index in [0.29, 0.717) is 41.7 Å². The minimum atomic E-state index is -0.679. The first kappa shape index (κ1) is 17.8. The van der Waals surface area contributed by atoms with Crippen molar-refractivity contribution in [1.82, 2.24) is 0 Å². The van der Waals surface area contributed by atoms with E-state index in [0.717, 1.165) is 5.56 Å². The molecule has 0 atom stereocenters. The third-order valence-electron chi connectivity index (χ3n) is 4.45. The number of methoxy groups -OCH3 is 1. The molecule has 2 aromatic carbocycles. The Morgan fingerprint density at radius 1 is 1.11 bits per heavy atom. The van der Waals surface area contributed by atoms with Gasteiger partial charge in [0.05, 0.1) is 19.1 Å². The predicted octanol–water partition coefficient (Wildman–Crippen LogP) is 2.00. The largest absolute Gasteiger partial charge is 0.493 e. The van der Waals surface area contributed by atoms with Crippen LogP contribution in [0.1, 0.15) is 26.3 Å². The summed E-state index contributed by atoms with van der Waals surface area (Å²) in [5.74, 6) is 0.0221. The molecule has 0 aliphatic carbocycles. The van der Waals surface area contributed by atoms with Crippen LogP contribution in [0.5, 0.6) is 17.2 Å². The first-order valence-corrected chi connectivity index (χ1v) is 8.66. The molecule has 0 radical (unpaired) electrons. The highest BCUT2D eigenvalue weighted by Crippen LogP contribution is 2.40. The minimum Gasteiger partial charge on any atom is -0.493 e. The second kappa shape index (κ2) is 7.22. The number of ether oxygens (including phenoxy) is 4.